The van der Waals surface area contributed by atoms with Gasteiger partial charge in [0.25, 0.3) is 0 Å². The number of carbonyl (C=O) groups is 1. The van der Waals surface area contributed by atoms with Gasteiger partial charge >= 0.3 is 5.97 Å². The van der Waals surface area contributed by atoms with Crippen LogP contribution in [0.2, 0.25) is 0 Å². The lowest BCUT2D eigenvalue weighted by Crippen LogP contribution is -2.45. The number of sulfonamides is 1. The number of aliphatic hydroxyl groups is 1. The first kappa shape index (κ1) is 16.4. The molecule has 1 fully saturated rings. The van der Waals surface area contributed by atoms with Crippen molar-refractivity contribution in [1.29, 1.82) is 0 Å². The predicted octanol–water partition coefficient (Wildman–Crippen LogP) is 1.68. The molecule has 21 heavy (non-hydrogen) atoms. The van der Waals surface area contributed by atoms with Crippen molar-refractivity contribution in [3.05, 3.63) is 15.8 Å². The van der Waals surface area contributed by atoms with Crippen LogP contribution < -0.4 is 0 Å². The topological polar surface area (TPSA) is 94.9 Å². The lowest BCUT2D eigenvalue weighted by Gasteiger charge is -2.36. The lowest BCUT2D eigenvalue weighted by molar-refractivity contribution is 0.0697. The quantitative estimate of drug-likeness (QED) is 0.791. The van der Waals surface area contributed by atoms with E-state index in [4.69, 9.17) is 5.11 Å². The van der Waals surface area contributed by atoms with Crippen molar-refractivity contribution < 1.29 is 23.4 Å². The predicted molar refractivity (Wildman–Crippen MR) is 79.2 cm³/mol. The molecule has 0 unspecified atom stereocenters. The van der Waals surface area contributed by atoms with Gasteiger partial charge in [-0.15, -0.1) is 11.3 Å². The normalized spacial score (nSPS) is 16.1. The summed E-state index contributed by atoms with van der Waals surface area (Å²) in [6.07, 6.45) is 2.90. The summed E-state index contributed by atoms with van der Waals surface area (Å²) in [5.41, 5.74) is 0.464. The summed E-state index contributed by atoms with van der Waals surface area (Å²) in [5.74, 6) is -1.22. The van der Waals surface area contributed by atoms with E-state index in [1.54, 1.807) is 12.3 Å². The van der Waals surface area contributed by atoms with Crippen LogP contribution >= 0.6 is 11.3 Å². The molecular weight excluding hydrogens is 314 g/mol. The molecule has 2 rings (SSSR count). The second-order valence-corrected chi connectivity index (χ2v) is 7.87. The average Bonchev–Trinajstić information content (AvgIpc) is 2.74. The van der Waals surface area contributed by atoms with Crippen LogP contribution in [-0.2, 0) is 10.0 Å². The Hall–Kier alpha value is -0.960. The van der Waals surface area contributed by atoms with Crippen molar-refractivity contribution in [2.24, 2.45) is 0 Å². The van der Waals surface area contributed by atoms with Gasteiger partial charge in [0, 0.05) is 19.2 Å². The molecule has 1 heterocycles. The van der Waals surface area contributed by atoms with E-state index in [0.717, 1.165) is 30.6 Å². The first-order valence-corrected chi connectivity index (χ1v) is 9.15. The van der Waals surface area contributed by atoms with Gasteiger partial charge in [0.15, 0.2) is 0 Å². The van der Waals surface area contributed by atoms with Crippen LogP contribution in [0.5, 0.6) is 0 Å². The minimum Gasteiger partial charge on any atom is -0.477 e. The van der Waals surface area contributed by atoms with Crippen LogP contribution in [0.25, 0.3) is 0 Å². The van der Waals surface area contributed by atoms with E-state index in [0.29, 0.717) is 12.0 Å². The number of thiophene rings is 1. The zero-order valence-corrected chi connectivity index (χ0v) is 13.4. The highest BCUT2D eigenvalue weighted by atomic mass is 32.2. The highest BCUT2D eigenvalue weighted by Crippen LogP contribution is 2.34. The van der Waals surface area contributed by atoms with Crippen molar-refractivity contribution in [3.8, 4) is 0 Å². The van der Waals surface area contributed by atoms with E-state index in [-0.39, 0.29) is 29.0 Å². The van der Waals surface area contributed by atoms with Gasteiger partial charge in [0.1, 0.15) is 9.77 Å². The first-order valence-electron chi connectivity index (χ1n) is 6.83. The molecule has 0 radical (unpaired) electrons. The smallest absolute Gasteiger partial charge is 0.347 e. The molecule has 6 nitrogen and oxygen atoms in total. The zero-order chi connectivity index (χ0) is 15.6. The zero-order valence-electron chi connectivity index (χ0n) is 11.8. The van der Waals surface area contributed by atoms with Gasteiger partial charge in [0.05, 0.1) is 0 Å². The van der Waals surface area contributed by atoms with Crippen molar-refractivity contribution in [3.63, 3.8) is 0 Å². The molecule has 1 aromatic rings. The second kappa shape index (κ2) is 6.43. The number of carboxylic acid groups (broad SMARTS) is 1. The molecule has 0 spiro atoms. The van der Waals surface area contributed by atoms with Crippen LogP contribution in [0, 0.1) is 6.92 Å². The average molecular weight is 333 g/mol. The Morgan fingerprint density at radius 3 is 2.62 bits per heavy atom. The molecular formula is C13H19NO5S2. The molecule has 2 N–H and O–H groups in total. The van der Waals surface area contributed by atoms with Crippen LogP contribution in [0.15, 0.2) is 10.3 Å². The highest BCUT2D eigenvalue weighted by Gasteiger charge is 2.38. The van der Waals surface area contributed by atoms with Gasteiger partial charge in [0.2, 0.25) is 10.0 Å². The number of hydrogen-bond acceptors (Lipinski definition) is 5. The number of nitrogens with zero attached hydrogens (tertiary/aromatic N) is 1. The Balaban J connectivity index is 2.42. The molecule has 1 aliphatic carbocycles. The number of rotatable bonds is 7. The van der Waals surface area contributed by atoms with E-state index >= 15 is 0 Å². The fourth-order valence-corrected chi connectivity index (χ4v) is 5.73. The third kappa shape index (κ3) is 3.13. The van der Waals surface area contributed by atoms with Gasteiger partial charge in [-0.2, -0.15) is 4.31 Å². The van der Waals surface area contributed by atoms with E-state index in [9.17, 15) is 18.3 Å². The molecule has 0 atom stereocenters. The number of aromatic carboxylic acids is 1. The minimum absolute atomic E-state index is 0.0810. The minimum atomic E-state index is -3.84. The van der Waals surface area contributed by atoms with Gasteiger partial charge in [-0.1, -0.05) is 6.42 Å². The maximum absolute atomic E-state index is 12.9. The molecule has 0 amide bonds. The summed E-state index contributed by atoms with van der Waals surface area (Å²) in [4.78, 5) is 11.0. The van der Waals surface area contributed by atoms with Crippen molar-refractivity contribution in [2.75, 3.05) is 13.2 Å². The summed E-state index contributed by atoms with van der Waals surface area (Å²) < 4.78 is 27.1. The van der Waals surface area contributed by atoms with Crippen LogP contribution in [0.3, 0.4) is 0 Å². The number of aryl methyl sites for hydroxylation is 1. The fraction of sp³-hybridized carbons (Fsp3) is 0.615. The van der Waals surface area contributed by atoms with Crippen molar-refractivity contribution in [2.45, 2.75) is 43.5 Å². The number of hydrogen-bond donors (Lipinski definition) is 2. The Morgan fingerprint density at radius 2 is 2.14 bits per heavy atom. The number of aliphatic hydroxyl groups excluding tert-OH is 1. The van der Waals surface area contributed by atoms with E-state index in [1.165, 1.54) is 4.31 Å². The van der Waals surface area contributed by atoms with Crippen LogP contribution in [-0.4, -0.2) is 48.1 Å². The lowest BCUT2D eigenvalue weighted by atomic mass is 9.93. The Morgan fingerprint density at radius 1 is 1.48 bits per heavy atom. The molecule has 0 aromatic carbocycles. The summed E-state index contributed by atoms with van der Waals surface area (Å²) >= 11 is 0.935. The summed E-state index contributed by atoms with van der Waals surface area (Å²) in [6, 6.07) is -0.0810. The van der Waals surface area contributed by atoms with Gasteiger partial charge in [-0.3, -0.25) is 0 Å². The van der Waals surface area contributed by atoms with Crippen LogP contribution in [0.4, 0.5) is 0 Å². The Bertz CT molecular complexity index is 619. The molecule has 0 aliphatic heterocycles. The Labute approximate surface area is 128 Å². The van der Waals surface area contributed by atoms with Gasteiger partial charge < -0.3 is 10.2 Å². The molecule has 1 aliphatic rings. The molecule has 0 saturated heterocycles. The molecule has 118 valence electrons. The molecule has 8 heteroatoms. The Kier molecular flexibility index (Phi) is 5.03. The highest BCUT2D eigenvalue weighted by molar-refractivity contribution is 7.89. The van der Waals surface area contributed by atoms with E-state index in [2.05, 4.69) is 0 Å². The maximum Gasteiger partial charge on any atom is 0.347 e. The number of carboxylic acids is 1. The second-order valence-electron chi connectivity index (χ2n) is 5.16. The fourth-order valence-electron chi connectivity index (χ4n) is 2.42. The SMILES string of the molecule is Cc1csc(C(=O)O)c1S(=O)(=O)N(CCCO)C1CCC1. The molecule has 1 saturated carbocycles. The third-order valence-electron chi connectivity index (χ3n) is 3.70. The monoisotopic (exact) mass is 333 g/mol. The van der Waals surface area contributed by atoms with Gasteiger partial charge in [-0.05, 0) is 37.1 Å². The largest absolute Gasteiger partial charge is 0.477 e. The standard InChI is InChI=1S/C13H19NO5S2/c1-9-8-20-11(13(16)17)12(9)21(18,19)14(6-3-7-15)10-4-2-5-10/h8,10,15H,2-7H2,1H3,(H,16,17). The third-order valence-corrected chi connectivity index (χ3v) is 7.05. The van der Waals surface area contributed by atoms with Crippen LogP contribution in [0.1, 0.15) is 40.9 Å². The summed E-state index contributed by atoms with van der Waals surface area (Å²) in [6.45, 7) is 1.74. The van der Waals surface area contributed by atoms with E-state index < -0.39 is 16.0 Å². The summed E-state index contributed by atoms with van der Waals surface area (Å²) in [5, 5.41) is 19.7. The maximum atomic E-state index is 12.9. The van der Waals surface area contributed by atoms with Crippen molar-refractivity contribution in [1.82, 2.24) is 4.31 Å². The molecule has 1 aromatic heterocycles. The van der Waals surface area contributed by atoms with Gasteiger partial charge in [-0.25, -0.2) is 13.2 Å². The van der Waals surface area contributed by atoms with Crippen molar-refractivity contribution >= 4 is 27.3 Å². The first-order chi connectivity index (χ1) is 9.89. The summed E-state index contributed by atoms with van der Waals surface area (Å²) in [7, 11) is -3.84. The van der Waals surface area contributed by atoms with E-state index in [1.807, 2.05) is 0 Å². The molecule has 0 bridgehead atoms.